The lowest BCUT2D eigenvalue weighted by Gasteiger charge is -2.21. The van der Waals surface area contributed by atoms with Gasteiger partial charge in [-0.15, -0.1) is 0 Å². The van der Waals surface area contributed by atoms with E-state index < -0.39 is 11.8 Å². The molecule has 2 aromatic rings. The maximum absolute atomic E-state index is 12.2. The SMILES string of the molecule is COc1ccc(OCC(=O)NNC(=O)c2ccc(C(C)(C)C)c(Br)c2)cc1. The third-order valence-electron chi connectivity index (χ3n) is 3.78. The number of amides is 2. The van der Waals surface area contributed by atoms with Crippen molar-refractivity contribution in [2.45, 2.75) is 26.2 Å². The first-order valence-electron chi connectivity index (χ1n) is 8.37. The van der Waals surface area contributed by atoms with Gasteiger partial charge in [-0.3, -0.25) is 20.4 Å². The molecule has 0 unspecified atom stereocenters. The van der Waals surface area contributed by atoms with Crippen LogP contribution in [0.25, 0.3) is 0 Å². The summed E-state index contributed by atoms with van der Waals surface area (Å²) < 4.78 is 11.2. The Hall–Kier alpha value is -2.54. The van der Waals surface area contributed by atoms with E-state index in [4.69, 9.17) is 9.47 Å². The molecule has 0 atom stereocenters. The highest BCUT2D eigenvalue weighted by molar-refractivity contribution is 9.10. The van der Waals surface area contributed by atoms with Gasteiger partial charge in [0.25, 0.3) is 11.8 Å². The molecule has 0 fully saturated rings. The minimum absolute atomic E-state index is 0.0408. The number of hydrogen-bond acceptors (Lipinski definition) is 4. The van der Waals surface area contributed by atoms with E-state index in [-0.39, 0.29) is 12.0 Å². The summed E-state index contributed by atoms with van der Waals surface area (Å²) in [5, 5.41) is 0. The van der Waals surface area contributed by atoms with E-state index in [0.717, 1.165) is 10.0 Å². The molecule has 0 saturated heterocycles. The summed E-state index contributed by atoms with van der Waals surface area (Å²) >= 11 is 3.50. The Bertz CT molecular complexity index is 814. The molecular weight excluding hydrogens is 412 g/mol. The average molecular weight is 435 g/mol. The smallest absolute Gasteiger partial charge is 0.276 e. The Labute approximate surface area is 167 Å². The van der Waals surface area contributed by atoms with Crippen LogP contribution in [0.15, 0.2) is 46.9 Å². The molecule has 0 aliphatic rings. The minimum atomic E-state index is -0.468. The number of benzene rings is 2. The fourth-order valence-electron chi connectivity index (χ4n) is 2.32. The molecule has 2 amide bonds. The molecular formula is C20H23BrN2O4. The molecule has 0 bridgehead atoms. The van der Waals surface area contributed by atoms with Crippen LogP contribution in [0.2, 0.25) is 0 Å². The molecule has 27 heavy (non-hydrogen) atoms. The van der Waals surface area contributed by atoms with E-state index in [0.29, 0.717) is 17.1 Å². The van der Waals surface area contributed by atoms with Crippen molar-refractivity contribution in [2.75, 3.05) is 13.7 Å². The quantitative estimate of drug-likeness (QED) is 0.704. The summed E-state index contributed by atoms with van der Waals surface area (Å²) in [5.41, 5.74) is 6.20. The Balaban J connectivity index is 1.85. The van der Waals surface area contributed by atoms with Gasteiger partial charge in [0.2, 0.25) is 0 Å². The molecule has 0 aliphatic carbocycles. The largest absolute Gasteiger partial charge is 0.497 e. The predicted molar refractivity (Wildman–Crippen MR) is 107 cm³/mol. The van der Waals surface area contributed by atoms with Crippen molar-refractivity contribution in [1.29, 1.82) is 0 Å². The summed E-state index contributed by atoms with van der Waals surface area (Å²) in [4.78, 5) is 24.0. The minimum Gasteiger partial charge on any atom is -0.497 e. The van der Waals surface area contributed by atoms with Crippen molar-refractivity contribution in [1.82, 2.24) is 10.9 Å². The lowest BCUT2D eigenvalue weighted by atomic mass is 9.86. The fraction of sp³-hybridized carbons (Fsp3) is 0.300. The van der Waals surface area contributed by atoms with E-state index in [1.165, 1.54) is 0 Å². The van der Waals surface area contributed by atoms with Crippen molar-refractivity contribution in [3.05, 3.63) is 58.1 Å². The zero-order valence-electron chi connectivity index (χ0n) is 15.8. The van der Waals surface area contributed by atoms with Gasteiger partial charge in [0.05, 0.1) is 7.11 Å². The van der Waals surface area contributed by atoms with Crippen LogP contribution in [0.1, 0.15) is 36.7 Å². The Kier molecular flexibility index (Phi) is 6.85. The standard InChI is InChI=1S/C20H23BrN2O4/c1-20(2,3)16-10-5-13(11-17(16)21)19(25)23-22-18(24)12-27-15-8-6-14(26-4)7-9-15/h5-11H,12H2,1-4H3,(H,22,24)(H,23,25). The van der Waals surface area contributed by atoms with Gasteiger partial charge in [0, 0.05) is 10.0 Å². The van der Waals surface area contributed by atoms with Crippen LogP contribution in [0.4, 0.5) is 0 Å². The van der Waals surface area contributed by atoms with Gasteiger partial charge in [-0.1, -0.05) is 42.8 Å². The summed E-state index contributed by atoms with van der Waals surface area (Å²) in [5.74, 6) is 0.347. The summed E-state index contributed by atoms with van der Waals surface area (Å²) in [6, 6.07) is 12.2. The number of carbonyl (C=O) groups is 2. The van der Waals surface area contributed by atoms with Crippen LogP contribution in [0.3, 0.4) is 0 Å². The molecule has 2 aromatic carbocycles. The first kappa shape index (κ1) is 20.8. The van der Waals surface area contributed by atoms with Crippen LogP contribution in [-0.2, 0) is 10.2 Å². The predicted octanol–water partition coefficient (Wildman–Crippen LogP) is 3.60. The normalized spacial score (nSPS) is 10.9. The number of hydrogen-bond donors (Lipinski definition) is 2. The third kappa shape index (κ3) is 5.99. The number of nitrogens with one attached hydrogen (secondary N) is 2. The summed E-state index contributed by atoms with van der Waals surface area (Å²) in [7, 11) is 1.57. The molecule has 0 saturated carbocycles. The van der Waals surface area contributed by atoms with Crippen molar-refractivity contribution in [3.8, 4) is 11.5 Å². The van der Waals surface area contributed by atoms with E-state index >= 15 is 0 Å². The molecule has 6 nitrogen and oxygen atoms in total. The summed E-state index contributed by atoms with van der Waals surface area (Å²) in [6.07, 6.45) is 0. The Morgan fingerprint density at radius 1 is 1.00 bits per heavy atom. The molecule has 2 rings (SSSR count). The highest BCUT2D eigenvalue weighted by Crippen LogP contribution is 2.30. The zero-order chi connectivity index (χ0) is 20.0. The van der Waals surface area contributed by atoms with Crippen molar-refractivity contribution < 1.29 is 19.1 Å². The maximum Gasteiger partial charge on any atom is 0.276 e. The molecule has 0 heterocycles. The Morgan fingerprint density at radius 3 is 2.19 bits per heavy atom. The molecule has 2 N–H and O–H groups in total. The van der Waals surface area contributed by atoms with Gasteiger partial charge in [0.1, 0.15) is 11.5 Å². The van der Waals surface area contributed by atoms with E-state index in [1.54, 1.807) is 43.5 Å². The second-order valence-electron chi connectivity index (χ2n) is 6.91. The second-order valence-corrected chi connectivity index (χ2v) is 7.77. The maximum atomic E-state index is 12.2. The van der Waals surface area contributed by atoms with Gasteiger partial charge in [-0.05, 0) is 47.4 Å². The number of rotatable bonds is 5. The van der Waals surface area contributed by atoms with Gasteiger partial charge < -0.3 is 9.47 Å². The van der Waals surface area contributed by atoms with Gasteiger partial charge >= 0.3 is 0 Å². The summed E-state index contributed by atoms with van der Waals surface area (Å²) in [6.45, 7) is 6.06. The van der Waals surface area contributed by atoms with Crippen LogP contribution in [0.5, 0.6) is 11.5 Å². The van der Waals surface area contributed by atoms with Gasteiger partial charge in [-0.2, -0.15) is 0 Å². The van der Waals surface area contributed by atoms with E-state index in [1.807, 2.05) is 6.07 Å². The highest BCUT2D eigenvalue weighted by Gasteiger charge is 2.18. The Morgan fingerprint density at radius 2 is 1.63 bits per heavy atom. The molecule has 0 aliphatic heterocycles. The monoisotopic (exact) mass is 434 g/mol. The third-order valence-corrected chi connectivity index (χ3v) is 4.44. The fourth-order valence-corrected chi connectivity index (χ4v) is 3.29. The molecule has 0 spiro atoms. The molecule has 0 aromatic heterocycles. The number of hydrazine groups is 1. The van der Waals surface area contributed by atoms with Crippen molar-refractivity contribution in [2.24, 2.45) is 0 Å². The van der Waals surface area contributed by atoms with Crippen LogP contribution >= 0.6 is 15.9 Å². The van der Waals surface area contributed by atoms with E-state index in [9.17, 15) is 9.59 Å². The second kappa shape index (κ2) is 8.90. The van der Waals surface area contributed by atoms with Gasteiger partial charge in [0.15, 0.2) is 6.61 Å². The number of halogens is 1. The first-order chi connectivity index (χ1) is 12.7. The molecule has 7 heteroatoms. The highest BCUT2D eigenvalue weighted by atomic mass is 79.9. The van der Waals surface area contributed by atoms with Crippen LogP contribution in [-0.4, -0.2) is 25.5 Å². The van der Waals surface area contributed by atoms with Crippen molar-refractivity contribution >= 4 is 27.7 Å². The van der Waals surface area contributed by atoms with Crippen molar-refractivity contribution in [3.63, 3.8) is 0 Å². The average Bonchev–Trinajstić information content (AvgIpc) is 2.63. The molecule has 144 valence electrons. The first-order valence-corrected chi connectivity index (χ1v) is 9.16. The number of carbonyl (C=O) groups excluding carboxylic acids is 2. The van der Waals surface area contributed by atoms with E-state index in [2.05, 4.69) is 47.6 Å². The lowest BCUT2D eigenvalue weighted by Crippen LogP contribution is -2.43. The number of methoxy groups -OCH3 is 1. The van der Waals surface area contributed by atoms with Gasteiger partial charge in [-0.25, -0.2) is 0 Å². The zero-order valence-corrected chi connectivity index (χ0v) is 17.3. The lowest BCUT2D eigenvalue weighted by molar-refractivity contribution is -0.123. The van der Waals surface area contributed by atoms with Crippen LogP contribution < -0.4 is 20.3 Å². The molecule has 0 radical (unpaired) electrons. The number of ether oxygens (including phenoxy) is 2. The van der Waals surface area contributed by atoms with Crippen LogP contribution in [0, 0.1) is 0 Å². The topological polar surface area (TPSA) is 76.7 Å².